The Morgan fingerprint density at radius 2 is 2.36 bits per heavy atom. The fraction of sp³-hybridized carbons (Fsp3) is 0.600. The van der Waals surface area contributed by atoms with Gasteiger partial charge in [-0.15, -0.1) is 0 Å². The molecule has 0 aromatic carbocycles. The van der Waals surface area contributed by atoms with Gasteiger partial charge in [-0.05, 0) is 32.4 Å². The van der Waals surface area contributed by atoms with E-state index in [1.165, 1.54) is 6.42 Å². The zero-order chi connectivity index (χ0) is 9.80. The summed E-state index contributed by atoms with van der Waals surface area (Å²) in [6, 6.07) is 0. The summed E-state index contributed by atoms with van der Waals surface area (Å²) >= 11 is 0. The molecule has 0 unspecified atom stereocenters. The summed E-state index contributed by atoms with van der Waals surface area (Å²) in [5, 5.41) is 6.69. The Morgan fingerprint density at radius 3 is 3.07 bits per heavy atom. The normalized spacial score (nSPS) is 21.1. The van der Waals surface area contributed by atoms with E-state index >= 15 is 0 Å². The Kier molecular flexibility index (Phi) is 2.93. The van der Waals surface area contributed by atoms with Gasteiger partial charge in [-0.3, -0.25) is 4.98 Å². The maximum Gasteiger partial charge on any atom is 0.147 e. The molecular weight excluding hydrogens is 176 g/mol. The molecule has 1 aliphatic rings. The average molecular weight is 192 g/mol. The third-order valence-corrected chi connectivity index (χ3v) is 2.60. The quantitative estimate of drug-likeness (QED) is 0.744. The lowest BCUT2D eigenvalue weighted by atomic mass is 10.1. The number of nitrogens with zero attached hydrogens (tertiary/aromatic N) is 2. The van der Waals surface area contributed by atoms with Crippen LogP contribution in [-0.2, 0) is 0 Å². The standard InChI is InChI=1S/C10H16N4/c1-8-10(13-5-4-12-8)14-7-9-2-3-11-6-9/h4-5,9,11H,2-3,6-7H2,1H3,(H,13,14)/t9-/m1/s1. The van der Waals surface area contributed by atoms with Crippen LogP contribution in [0.5, 0.6) is 0 Å². The van der Waals surface area contributed by atoms with Gasteiger partial charge in [0, 0.05) is 18.9 Å². The smallest absolute Gasteiger partial charge is 0.147 e. The summed E-state index contributed by atoms with van der Waals surface area (Å²) in [5.41, 5.74) is 0.971. The van der Waals surface area contributed by atoms with Gasteiger partial charge in [0.1, 0.15) is 5.82 Å². The van der Waals surface area contributed by atoms with Gasteiger partial charge in [-0.1, -0.05) is 0 Å². The summed E-state index contributed by atoms with van der Waals surface area (Å²) in [6.45, 7) is 5.23. The van der Waals surface area contributed by atoms with Gasteiger partial charge in [-0.2, -0.15) is 0 Å². The second-order valence-electron chi connectivity index (χ2n) is 3.73. The van der Waals surface area contributed by atoms with Crippen molar-refractivity contribution in [3.05, 3.63) is 18.1 Å². The molecular formula is C10H16N4. The molecule has 14 heavy (non-hydrogen) atoms. The highest BCUT2D eigenvalue weighted by Crippen LogP contribution is 2.11. The Balaban J connectivity index is 1.88. The maximum atomic E-state index is 4.25. The van der Waals surface area contributed by atoms with Crippen molar-refractivity contribution >= 4 is 5.82 Å². The fourth-order valence-corrected chi connectivity index (χ4v) is 1.71. The van der Waals surface area contributed by atoms with Crippen LogP contribution in [-0.4, -0.2) is 29.6 Å². The largest absolute Gasteiger partial charge is 0.368 e. The van der Waals surface area contributed by atoms with Crippen LogP contribution in [0.25, 0.3) is 0 Å². The van der Waals surface area contributed by atoms with Gasteiger partial charge in [0.05, 0.1) is 5.69 Å². The van der Waals surface area contributed by atoms with Crippen molar-refractivity contribution in [3.63, 3.8) is 0 Å². The lowest BCUT2D eigenvalue weighted by Crippen LogP contribution is -2.18. The molecule has 1 saturated heterocycles. The molecule has 2 N–H and O–H groups in total. The summed E-state index contributed by atoms with van der Waals surface area (Å²) < 4.78 is 0. The van der Waals surface area contributed by atoms with Crippen molar-refractivity contribution in [1.82, 2.24) is 15.3 Å². The van der Waals surface area contributed by atoms with Gasteiger partial charge in [0.2, 0.25) is 0 Å². The van der Waals surface area contributed by atoms with Gasteiger partial charge in [0.15, 0.2) is 0 Å². The first-order chi connectivity index (χ1) is 6.86. The summed E-state index contributed by atoms with van der Waals surface area (Å²) in [7, 11) is 0. The summed E-state index contributed by atoms with van der Waals surface area (Å²) in [6.07, 6.45) is 4.70. The number of nitrogens with one attached hydrogen (secondary N) is 2. The molecule has 0 amide bonds. The number of aromatic nitrogens is 2. The van der Waals surface area contributed by atoms with Crippen molar-refractivity contribution in [3.8, 4) is 0 Å². The molecule has 4 heteroatoms. The highest BCUT2D eigenvalue weighted by atomic mass is 15.0. The molecule has 76 valence electrons. The van der Waals surface area contributed by atoms with Crippen LogP contribution in [0, 0.1) is 12.8 Å². The molecule has 2 heterocycles. The second-order valence-corrected chi connectivity index (χ2v) is 3.73. The molecule has 0 aliphatic carbocycles. The van der Waals surface area contributed by atoms with Gasteiger partial charge >= 0.3 is 0 Å². The molecule has 1 atom stereocenters. The fourth-order valence-electron chi connectivity index (χ4n) is 1.71. The van der Waals surface area contributed by atoms with Crippen molar-refractivity contribution in [2.24, 2.45) is 5.92 Å². The van der Waals surface area contributed by atoms with E-state index in [1.54, 1.807) is 12.4 Å². The number of rotatable bonds is 3. The molecule has 0 bridgehead atoms. The molecule has 1 aromatic heterocycles. The molecule has 1 aliphatic heterocycles. The van der Waals surface area contributed by atoms with E-state index in [9.17, 15) is 0 Å². The minimum atomic E-state index is 0.733. The van der Waals surface area contributed by atoms with E-state index < -0.39 is 0 Å². The average Bonchev–Trinajstić information content (AvgIpc) is 2.69. The molecule has 4 nitrogen and oxygen atoms in total. The molecule has 0 radical (unpaired) electrons. The number of hydrogen-bond acceptors (Lipinski definition) is 4. The third-order valence-electron chi connectivity index (χ3n) is 2.60. The zero-order valence-electron chi connectivity index (χ0n) is 8.45. The van der Waals surface area contributed by atoms with Gasteiger partial charge in [0.25, 0.3) is 0 Å². The topological polar surface area (TPSA) is 49.8 Å². The van der Waals surface area contributed by atoms with Crippen molar-refractivity contribution < 1.29 is 0 Å². The van der Waals surface area contributed by atoms with E-state index in [-0.39, 0.29) is 0 Å². The van der Waals surface area contributed by atoms with Crippen LogP contribution in [0.3, 0.4) is 0 Å². The van der Waals surface area contributed by atoms with Crippen LogP contribution in [0.15, 0.2) is 12.4 Å². The molecule has 0 saturated carbocycles. The minimum absolute atomic E-state index is 0.733. The van der Waals surface area contributed by atoms with Gasteiger partial charge in [-0.25, -0.2) is 4.98 Å². The van der Waals surface area contributed by atoms with Crippen LogP contribution in [0.4, 0.5) is 5.82 Å². The first kappa shape index (κ1) is 9.40. The van der Waals surface area contributed by atoms with Crippen LogP contribution < -0.4 is 10.6 Å². The van der Waals surface area contributed by atoms with E-state index in [0.29, 0.717) is 0 Å². The number of anilines is 1. The minimum Gasteiger partial charge on any atom is -0.368 e. The molecule has 2 rings (SSSR count). The SMILES string of the molecule is Cc1nccnc1NC[C@@H]1CCNC1. The highest BCUT2D eigenvalue weighted by molar-refractivity contribution is 5.38. The van der Waals surface area contributed by atoms with E-state index in [4.69, 9.17) is 0 Å². The second kappa shape index (κ2) is 4.37. The van der Waals surface area contributed by atoms with Crippen molar-refractivity contribution in [1.29, 1.82) is 0 Å². The molecule has 0 spiro atoms. The zero-order valence-corrected chi connectivity index (χ0v) is 8.45. The predicted octanol–water partition coefficient (Wildman–Crippen LogP) is 0.806. The highest BCUT2D eigenvalue weighted by Gasteiger charge is 2.14. The first-order valence-electron chi connectivity index (χ1n) is 5.08. The van der Waals surface area contributed by atoms with Crippen LogP contribution >= 0.6 is 0 Å². The van der Waals surface area contributed by atoms with E-state index in [0.717, 1.165) is 37.1 Å². The maximum absolute atomic E-state index is 4.25. The lowest BCUT2D eigenvalue weighted by molar-refractivity contribution is 0.613. The lowest BCUT2D eigenvalue weighted by Gasteiger charge is -2.11. The van der Waals surface area contributed by atoms with Crippen LogP contribution in [0.2, 0.25) is 0 Å². The Labute approximate surface area is 84.2 Å². The van der Waals surface area contributed by atoms with Crippen LogP contribution in [0.1, 0.15) is 12.1 Å². The van der Waals surface area contributed by atoms with Crippen molar-refractivity contribution in [2.75, 3.05) is 25.0 Å². The van der Waals surface area contributed by atoms with Gasteiger partial charge < -0.3 is 10.6 Å². The predicted molar refractivity (Wildman–Crippen MR) is 56.2 cm³/mol. The third kappa shape index (κ3) is 2.20. The number of hydrogen-bond donors (Lipinski definition) is 2. The van der Waals surface area contributed by atoms with E-state index in [2.05, 4.69) is 20.6 Å². The Hall–Kier alpha value is -1.16. The van der Waals surface area contributed by atoms with E-state index in [1.807, 2.05) is 6.92 Å². The summed E-state index contributed by atoms with van der Waals surface area (Å²) in [4.78, 5) is 8.43. The first-order valence-corrected chi connectivity index (χ1v) is 5.08. The molecule has 1 aromatic rings. The number of aryl methyl sites for hydroxylation is 1. The summed E-state index contributed by atoms with van der Waals surface area (Å²) in [5.74, 6) is 1.65. The van der Waals surface area contributed by atoms with Crippen molar-refractivity contribution in [2.45, 2.75) is 13.3 Å². The monoisotopic (exact) mass is 192 g/mol. The molecule has 1 fully saturated rings. The Morgan fingerprint density at radius 1 is 1.50 bits per heavy atom. The Bertz CT molecular complexity index is 294.